The lowest BCUT2D eigenvalue weighted by Crippen LogP contribution is -2.28. The third-order valence-electron chi connectivity index (χ3n) is 4.18. The van der Waals surface area contributed by atoms with Gasteiger partial charge in [-0.3, -0.25) is 4.79 Å². The van der Waals surface area contributed by atoms with Gasteiger partial charge in [-0.1, -0.05) is 6.42 Å². The largest absolute Gasteiger partial charge is 0.327 e. The van der Waals surface area contributed by atoms with E-state index < -0.39 is 0 Å². The number of nitrogens with one attached hydrogen (secondary N) is 1. The molecule has 0 unspecified atom stereocenters. The number of hydrogen-bond donors (Lipinski definition) is 2. The van der Waals surface area contributed by atoms with Crippen molar-refractivity contribution in [1.29, 1.82) is 0 Å². The molecule has 23 heavy (non-hydrogen) atoms. The van der Waals surface area contributed by atoms with E-state index in [-0.39, 0.29) is 24.4 Å². The van der Waals surface area contributed by atoms with Gasteiger partial charge in [0.25, 0.3) is 0 Å². The molecule has 1 fully saturated rings. The number of carbonyl (C=O) groups excluding carboxylic acids is 1. The highest BCUT2D eigenvalue weighted by atomic mass is 35.5. The highest BCUT2D eigenvalue weighted by molar-refractivity contribution is 7.18. The second-order valence-electron chi connectivity index (χ2n) is 5.94. The van der Waals surface area contributed by atoms with E-state index in [2.05, 4.69) is 29.4 Å². The lowest BCUT2D eigenvalue weighted by molar-refractivity contribution is -0.117. The summed E-state index contributed by atoms with van der Waals surface area (Å²) >= 11 is 3.27. The van der Waals surface area contributed by atoms with Crippen molar-refractivity contribution in [3.05, 3.63) is 21.9 Å². The minimum absolute atomic E-state index is 0. The van der Waals surface area contributed by atoms with Gasteiger partial charge in [-0.05, 0) is 44.7 Å². The van der Waals surface area contributed by atoms with Crippen LogP contribution in [0.15, 0.2) is 12.1 Å². The van der Waals surface area contributed by atoms with Crippen molar-refractivity contribution in [3.8, 4) is 10.6 Å². The first-order valence-corrected chi connectivity index (χ1v) is 9.26. The van der Waals surface area contributed by atoms with Crippen molar-refractivity contribution >= 4 is 46.1 Å². The van der Waals surface area contributed by atoms with Gasteiger partial charge >= 0.3 is 0 Å². The van der Waals surface area contributed by atoms with Gasteiger partial charge in [0, 0.05) is 22.2 Å². The SMILES string of the molecule is Cc1ccc(-c2nc(NC(=O)C[C@@H]3CCC[C@H]3N)sc2C)s1.Cl. The summed E-state index contributed by atoms with van der Waals surface area (Å²) in [6.45, 7) is 4.13. The van der Waals surface area contributed by atoms with Gasteiger partial charge in [0.05, 0.1) is 10.6 Å². The molecule has 0 spiro atoms. The molecule has 2 aromatic rings. The molecular formula is C16H22ClN3OS2. The Hall–Kier alpha value is -0.950. The van der Waals surface area contributed by atoms with Crippen molar-refractivity contribution < 1.29 is 4.79 Å². The van der Waals surface area contributed by atoms with Crippen LogP contribution in [0.5, 0.6) is 0 Å². The summed E-state index contributed by atoms with van der Waals surface area (Å²) in [5, 5.41) is 3.63. The van der Waals surface area contributed by atoms with Crippen molar-refractivity contribution in [2.24, 2.45) is 11.7 Å². The summed E-state index contributed by atoms with van der Waals surface area (Å²) in [5.74, 6) is 0.352. The zero-order valence-electron chi connectivity index (χ0n) is 13.3. The van der Waals surface area contributed by atoms with E-state index in [0.29, 0.717) is 17.5 Å². The van der Waals surface area contributed by atoms with Gasteiger partial charge in [0.1, 0.15) is 0 Å². The van der Waals surface area contributed by atoms with Gasteiger partial charge < -0.3 is 11.1 Å². The normalized spacial score (nSPS) is 20.3. The maximum absolute atomic E-state index is 12.2. The number of amides is 1. The van der Waals surface area contributed by atoms with E-state index in [1.165, 1.54) is 16.2 Å². The minimum atomic E-state index is 0. The first kappa shape index (κ1) is 18.4. The molecule has 3 rings (SSSR count). The molecular weight excluding hydrogens is 350 g/mol. The summed E-state index contributed by atoms with van der Waals surface area (Å²) in [4.78, 5) is 20.3. The molecule has 1 amide bonds. The lowest BCUT2D eigenvalue weighted by Gasteiger charge is -2.13. The lowest BCUT2D eigenvalue weighted by atomic mass is 10.00. The summed E-state index contributed by atoms with van der Waals surface area (Å²) in [5.41, 5.74) is 7.02. The quantitative estimate of drug-likeness (QED) is 0.838. The van der Waals surface area contributed by atoms with E-state index in [9.17, 15) is 4.79 Å². The van der Waals surface area contributed by atoms with E-state index in [4.69, 9.17) is 5.73 Å². The third kappa shape index (κ3) is 4.32. The van der Waals surface area contributed by atoms with Crippen LogP contribution in [0.1, 0.15) is 35.4 Å². The number of rotatable bonds is 4. The second kappa shape index (κ2) is 7.75. The Kier molecular flexibility index (Phi) is 6.19. The molecule has 0 aliphatic heterocycles. The van der Waals surface area contributed by atoms with Gasteiger partial charge in [-0.25, -0.2) is 4.98 Å². The number of aryl methyl sites for hydroxylation is 2. The van der Waals surface area contributed by atoms with Crippen LogP contribution < -0.4 is 11.1 Å². The molecule has 0 aromatic carbocycles. The average Bonchev–Trinajstić information content (AvgIpc) is 3.13. The average molecular weight is 372 g/mol. The number of anilines is 1. The standard InChI is InChI=1S/C16H21N3OS2.ClH/c1-9-6-7-13(21-9)15-10(2)22-16(19-15)18-14(20)8-11-4-3-5-12(11)17;/h6-7,11-12H,3-5,8,17H2,1-2H3,(H,18,19,20);1H/t11-,12+;/m0./s1. The summed E-state index contributed by atoms with van der Waals surface area (Å²) < 4.78 is 0. The Balaban J connectivity index is 0.00000192. The molecule has 3 N–H and O–H groups in total. The molecule has 126 valence electrons. The Morgan fingerprint density at radius 3 is 2.74 bits per heavy atom. The van der Waals surface area contributed by atoms with Crippen molar-refractivity contribution in [1.82, 2.24) is 4.98 Å². The Morgan fingerprint density at radius 1 is 1.35 bits per heavy atom. The van der Waals surface area contributed by atoms with Crippen LogP contribution in [-0.4, -0.2) is 16.9 Å². The molecule has 0 saturated heterocycles. The fraction of sp³-hybridized carbons (Fsp3) is 0.500. The summed E-state index contributed by atoms with van der Waals surface area (Å²) in [7, 11) is 0. The number of nitrogens with zero attached hydrogens (tertiary/aromatic N) is 1. The van der Waals surface area contributed by atoms with E-state index >= 15 is 0 Å². The van der Waals surface area contributed by atoms with Gasteiger partial charge in [0.2, 0.25) is 5.91 Å². The molecule has 1 saturated carbocycles. The highest BCUT2D eigenvalue weighted by Gasteiger charge is 2.26. The Labute approximate surface area is 150 Å². The van der Waals surface area contributed by atoms with E-state index in [0.717, 1.165) is 34.7 Å². The topological polar surface area (TPSA) is 68.0 Å². The number of thiazole rings is 1. The molecule has 0 radical (unpaired) electrons. The van der Waals surface area contributed by atoms with Gasteiger partial charge in [-0.15, -0.1) is 35.1 Å². The van der Waals surface area contributed by atoms with Gasteiger partial charge in [-0.2, -0.15) is 0 Å². The van der Waals surface area contributed by atoms with Crippen LogP contribution in [0.2, 0.25) is 0 Å². The maximum atomic E-state index is 12.2. The van der Waals surface area contributed by atoms with Crippen molar-refractivity contribution in [3.63, 3.8) is 0 Å². The predicted octanol–water partition coefficient (Wildman–Crippen LogP) is 4.37. The fourth-order valence-electron chi connectivity index (χ4n) is 2.97. The molecule has 0 bridgehead atoms. The van der Waals surface area contributed by atoms with Crippen LogP contribution in [0, 0.1) is 19.8 Å². The zero-order chi connectivity index (χ0) is 15.7. The smallest absolute Gasteiger partial charge is 0.226 e. The summed E-state index contributed by atoms with van der Waals surface area (Å²) in [6.07, 6.45) is 3.74. The van der Waals surface area contributed by atoms with Crippen LogP contribution in [0.25, 0.3) is 10.6 Å². The van der Waals surface area contributed by atoms with Crippen LogP contribution in [0.3, 0.4) is 0 Å². The van der Waals surface area contributed by atoms with Gasteiger partial charge in [0.15, 0.2) is 5.13 Å². The number of carbonyl (C=O) groups is 1. The molecule has 2 heterocycles. The number of nitrogens with two attached hydrogens (primary N) is 1. The Bertz CT molecular complexity index is 683. The monoisotopic (exact) mass is 371 g/mol. The number of halogens is 1. The molecule has 4 nitrogen and oxygen atoms in total. The number of thiophene rings is 1. The molecule has 2 atom stereocenters. The first-order valence-electron chi connectivity index (χ1n) is 7.62. The minimum Gasteiger partial charge on any atom is -0.327 e. The molecule has 1 aliphatic carbocycles. The molecule has 7 heteroatoms. The van der Waals surface area contributed by atoms with Crippen LogP contribution in [-0.2, 0) is 4.79 Å². The third-order valence-corrected chi connectivity index (χ3v) is 6.08. The second-order valence-corrected chi connectivity index (χ2v) is 8.43. The zero-order valence-corrected chi connectivity index (χ0v) is 15.7. The number of aromatic nitrogens is 1. The van der Waals surface area contributed by atoms with Crippen LogP contribution >= 0.6 is 35.1 Å². The number of hydrogen-bond acceptors (Lipinski definition) is 5. The highest BCUT2D eigenvalue weighted by Crippen LogP contribution is 2.34. The molecule has 2 aromatic heterocycles. The fourth-order valence-corrected chi connectivity index (χ4v) is 4.79. The first-order chi connectivity index (χ1) is 10.5. The maximum Gasteiger partial charge on any atom is 0.226 e. The van der Waals surface area contributed by atoms with Crippen molar-refractivity contribution in [2.75, 3.05) is 5.32 Å². The van der Waals surface area contributed by atoms with E-state index in [1.807, 2.05) is 6.92 Å². The summed E-state index contributed by atoms with van der Waals surface area (Å²) in [6, 6.07) is 4.36. The Morgan fingerprint density at radius 2 is 2.13 bits per heavy atom. The predicted molar refractivity (Wildman–Crippen MR) is 101 cm³/mol. The van der Waals surface area contributed by atoms with Crippen LogP contribution in [0.4, 0.5) is 5.13 Å². The van der Waals surface area contributed by atoms with Crippen molar-refractivity contribution in [2.45, 2.75) is 45.6 Å². The van der Waals surface area contributed by atoms with E-state index in [1.54, 1.807) is 11.3 Å². The molecule has 1 aliphatic rings.